The number of hydrogen-bond acceptors (Lipinski definition) is 8. The van der Waals surface area contributed by atoms with Crippen LogP contribution in [0.25, 0.3) is 10.4 Å². The molecule has 0 aliphatic rings. The summed E-state index contributed by atoms with van der Waals surface area (Å²) < 4.78 is 20.8. The molecule has 0 bridgehead atoms. The minimum absolute atomic E-state index is 0.0143. The van der Waals surface area contributed by atoms with E-state index in [9.17, 15) is 14.4 Å². The quantitative estimate of drug-likeness (QED) is 0.107. The maximum Gasteiger partial charge on any atom is 0.305 e. The van der Waals surface area contributed by atoms with Crippen LogP contribution < -0.4 is 5.32 Å². The van der Waals surface area contributed by atoms with Crippen molar-refractivity contribution in [3.05, 3.63) is 10.4 Å². The molecule has 0 saturated carbocycles. The first-order valence-corrected chi connectivity index (χ1v) is 9.00. The molecular weight excluding hydrogens is 392 g/mol. The van der Waals surface area contributed by atoms with E-state index < -0.39 is 18.0 Å². The summed E-state index contributed by atoms with van der Waals surface area (Å²) in [6, 6.07) is -0.547. The molecule has 0 radical (unpaired) electrons. The van der Waals surface area contributed by atoms with Crippen molar-refractivity contribution in [2.24, 2.45) is 5.11 Å². The van der Waals surface area contributed by atoms with Crippen molar-refractivity contribution >= 4 is 17.8 Å². The number of hydrogen-bond donors (Lipinski definition) is 3. The summed E-state index contributed by atoms with van der Waals surface area (Å²) in [6.45, 7) is 1.32. The van der Waals surface area contributed by atoms with Crippen LogP contribution in [0.2, 0.25) is 0 Å². The standard InChI is InChI=1S/C16H28N4O9/c17-20-18-4-8-27-10-9-26-5-1-14(21)19-13(11-28-6-2-15(22)23)12-29-7-3-16(24)25/h13H,1-12H2,(H,19,21)(H,22,23)(H,24,25). The highest BCUT2D eigenvalue weighted by Crippen LogP contribution is 1.95. The van der Waals surface area contributed by atoms with Gasteiger partial charge in [-0.1, -0.05) is 5.11 Å². The van der Waals surface area contributed by atoms with Crippen LogP contribution in [0.15, 0.2) is 5.11 Å². The van der Waals surface area contributed by atoms with Crippen LogP contribution in [0.4, 0.5) is 0 Å². The first kappa shape index (κ1) is 26.6. The number of aliphatic carboxylic acids is 2. The number of rotatable bonds is 20. The summed E-state index contributed by atoms with van der Waals surface area (Å²) in [4.78, 5) is 35.5. The number of carboxylic acid groups (broad SMARTS) is 2. The molecule has 0 aliphatic heterocycles. The Morgan fingerprint density at radius 2 is 1.34 bits per heavy atom. The molecule has 0 atom stereocenters. The maximum absolute atomic E-state index is 12.0. The van der Waals surface area contributed by atoms with Gasteiger partial charge in [0.15, 0.2) is 0 Å². The first-order valence-electron chi connectivity index (χ1n) is 9.00. The Morgan fingerprint density at radius 1 is 0.828 bits per heavy atom. The molecule has 0 rings (SSSR count). The van der Waals surface area contributed by atoms with Crippen molar-refractivity contribution in [1.82, 2.24) is 5.32 Å². The lowest BCUT2D eigenvalue weighted by atomic mass is 10.3. The number of carbonyl (C=O) groups excluding carboxylic acids is 1. The summed E-state index contributed by atoms with van der Waals surface area (Å²) in [5.41, 5.74) is 8.10. The Bertz CT molecular complexity index is 505. The van der Waals surface area contributed by atoms with E-state index in [-0.39, 0.29) is 71.4 Å². The van der Waals surface area contributed by atoms with Crippen LogP contribution in [0.3, 0.4) is 0 Å². The highest BCUT2D eigenvalue weighted by Gasteiger charge is 2.14. The van der Waals surface area contributed by atoms with Gasteiger partial charge in [0.1, 0.15) is 0 Å². The molecule has 13 nitrogen and oxygen atoms in total. The van der Waals surface area contributed by atoms with Crippen LogP contribution in [0, 0.1) is 0 Å². The number of nitrogens with one attached hydrogen (secondary N) is 1. The van der Waals surface area contributed by atoms with Crippen molar-refractivity contribution in [2.45, 2.75) is 25.3 Å². The van der Waals surface area contributed by atoms with Crippen LogP contribution in [-0.2, 0) is 33.3 Å². The van der Waals surface area contributed by atoms with E-state index in [1.165, 1.54) is 0 Å². The SMILES string of the molecule is [N-]=[N+]=NCCOCCOCCC(=O)NC(COCCC(=O)O)COCCC(=O)O. The lowest BCUT2D eigenvalue weighted by Crippen LogP contribution is -2.42. The zero-order chi connectivity index (χ0) is 21.7. The second-order valence-electron chi connectivity index (χ2n) is 5.63. The van der Waals surface area contributed by atoms with Gasteiger partial charge in [-0.15, -0.1) is 0 Å². The fraction of sp³-hybridized carbons (Fsp3) is 0.812. The molecule has 166 valence electrons. The van der Waals surface area contributed by atoms with E-state index in [0.717, 1.165) is 0 Å². The topological polar surface area (TPSA) is 189 Å². The molecule has 0 aromatic heterocycles. The molecule has 3 N–H and O–H groups in total. The second-order valence-corrected chi connectivity index (χ2v) is 5.63. The van der Waals surface area contributed by atoms with Gasteiger partial charge in [0, 0.05) is 17.9 Å². The molecule has 13 heteroatoms. The Morgan fingerprint density at radius 3 is 1.86 bits per heavy atom. The Balaban J connectivity index is 4.00. The van der Waals surface area contributed by atoms with E-state index in [1.807, 2.05) is 0 Å². The number of ether oxygens (including phenoxy) is 4. The van der Waals surface area contributed by atoms with Gasteiger partial charge >= 0.3 is 11.9 Å². The molecule has 0 aliphatic carbocycles. The zero-order valence-electron chi connectivity index (χ0n) is 16.2. The number of nitrogens with zero attached hydrogens (tertiary/aromatic N) is 3. The van der Waals surface area contributed by atoms with Gasteiger partial charge in [0.05, 0.1) is 71.7 Å². The van der Waals surface area contributed by atoms with Crippen molar-refractivity contribution in [1.29, 1.82) is 0 Å². The number of carboxylic acids is 2. The average Bonchev–Trinajstić information content (AvgIpc) is 2.66. The van der Waals surface area contributed by atoms with E-state index >= 15 is 0 Å². The van der Waals surface area contributed by atoms with Gasteiger partial charge in [-0.2, -0.15) is 0 Å². The minimum atomic E-state index is -0.998. The van der Waals surface area contributed by atoms with Crippen molar-refractivity contribution in [3.63, 3.8) is 0 Å². The number of carbonyl (C=O) groups is 3. The Hall–Kier alpha value is -2.44. The van der Waals surface area contributed by atoms with Gasteiger partial charge in [0.25, 0.3) is 0 Å². The molecular formula is C16H28N4O9. The minimum Gasteiger partial charge on any atom is -0.481 e. The smallest absolute Gasteiger partial charge is 0.305 e. The normalized spacial score (nSPS) is 10.5. The molecule has 0 aromatic carbocycles. The van der Waals surface area contributed by atoms with E-state index in [1.54, 1.807) is 0 Å². The van der Waals surface area contributed by atoms with E-state index in [4.69, 9.17) is 34.7 Å². The fourth-order valence-electron chi connectivity index (χ4n) is 1.84. The Kier molecular flexibility index (Phi) is 17.3. The van der Waals surface area contributed by atoms with Crippen molar-refractivity contribution in [3.8, 4) is 0 Å². The lowest BCUT2D eigenvalue weighted by molar-refractivity contribution is -0.139. The summed E-state index contributed by atoms with van der Waals surface area (Å²) in [5.74, 6) is -2.31. The highest BCUT2D eigenvalue weighted by molar-refractivity contribution is 5.76. The molecule has 1 amide bonds. The maximum atomic E-state index is 12.0. The monoisotopic (exact) mass is 420 g/mol. The summed E-state index contributed by atoms with van der Waals surface area (Å²) >= 11 is 0. The van der Waals surface area contributed by atoms with E-state index in [2.05, 4.69) is 15.3 Å². The van der Waals surface area contributed by atoms with Gasteiger partial charge in [0.2, 0.25) is 5.91 Å². The van der Waals surface area contributed by atoms with Crippen molar-refractivity contribution in [2.75, 3.05) is 59.4 Å². The average molecular weight is 420 g/mol. The van der Waals surface area contributed by atoms with Gasteiger partial charge in [-0.05, 0) is 5.53 Å². The number of amides is 1. The fourth-order valence-corrected chi connectivity index (χ4v) is 1.84. The molecule has 0 spiro atoms. The largest absolute Gasteiger partial charge is 0.481 e. The van der Waals surface area contributed by atoms with Crippen LogP contribution in [-0.4, -0.2) is 93.5 Å². The molecule has 0 saturated heterocycles. The second kappa shape index (κ2) is 18.9. The molecule has 0 aromatic rings. The molecule has 0 heterocycles. The van der Waals surface area contributed by atoms with E-state index in [0.29, 0.717) is 13.2 Å². The Labute approximate surface area is 167 Å². The van der Waals surface area contributed by atoms with Gasteiger partial charge in [-0.25, -0.2) is 0 Å². The van der Waals surface area contributed by atoms with Crippen LogP contribution >= 0.6 is 0 Å². The van der Waals surface area contributed by atoms with Crippen LogP contribution in [0.5, 0.6) is 0 Å². The summed E-state index contributed by atoms with van der Waals surface area (Å²) in [5, 5.41) is 23.2. The third-order valence-corrected chi connectivity index (χ3v) is 3.17. The highest BCUT2D eigenvalue weighted by atomic mass is 16.5. The molecule has 0 unspecified atom stereocenters. The first-order chi connectivity index (χ1) is 14.0. The molecule has 0 fully saturated rings. The zero-order valence-corrected chi connectivity index (χ0v) is 16.2. The predicted octanol–water partition coefficient (Wildman–Crippen LogP) is 0.187. The van der Waals surface area contributed by atoms with Gasteiger partial charge < -0.3 is 34.5 Å². The number of azide groups is 1. The summed E-state index contributed by atoms with van der Waals surface area (Å²) in [6.07, 6.45) is -0.252. The van der Waals surface area contributed by atoms with Crippen LogP contribution in [0.1, 0.15) is 19.3 Å². The van der Waals surface area contributed by atoms with Gasteiger partial charge in [-0.3, -0.25) is 14.4 Å². The van der Waals surface area contributed by atoms with Crippen molar-refractivity contribution < 1.29 is 43.5 Å². The lowest BCUT2D eigenvalue weighted by Gasteiger charge is -2.19. The summed E-state index contributed by atoms with van der Waals surface area (Å²) in [7, 11) is 0. The third-order valence-electron chi connectivity index (χ3n) is 3.17. The third kappa shape index (κ3) is 20.1. The molecule has 29 heavy (non-hydrogen) atoms. The predicted molar refractivity (Wildman–Crippen MR) is 98.3 cm³/mol.